The highest BCUT2D eigenvalue weighted by Gasteiger charge is 2.20. The van der Waals surface area contributed by atoms with Gasteiger partial charge in [0.2, 0.25) is 0 Å². The number of aromatic amines is 1. The standard InChI is InChI=1S/C18H20N6O/c25-18(21-14-5-2-1-3-6-14)16-11-15-12-23(9-4-10-24(15)22-16)13-17-19-7-8-20-17/h1-3,5-8,11H,4,9-10,12-13H2,(H,19,20)(H,21,25). The molecule has 0 atom stereocenters. The van der Waals surface area contributed by atoms with Crippen molar-refractivity contribution >= 4 is 11.6 Å². The molecular weight excluding hydrogens is 316 g/mol. The molecule has 1 aliphatic heterocycles. The van der Waals surface area contributed by atoms with Crippen LogP contribution in [-0.2, 0) is 19.6 Å². The highest BCUT2D eigenvalue weighted by molar-refractivity contribution is 6.02. The molecular formula is C18H20N6O. The largest absolute Gasteiger partial charge is 0.348 e. The van der Waals surface area contributed by atoms with Crippen molar-refractivity contribution in [3.8, 4) is 0 Å². The molecule has 0 spiro atoms. The van der Waals surface area contributed by atoms with E-state index < -0.39 is 0 Å². The highest BCUT2D eigenvalue weighted by atomic mass is 16.1. The van der Waals surface area contributed by atoms with Gasteiger partial charge >= 0.3 is 0 Å². The van der Waals surface area contributed by atoms with E-state index in [0.29, 0.717) is 5.69 Å². The lowest BCUT2D eigenvalue weighted by Crippen LogP contribution is -2.23. The predicted molar refractivity (Wildman–Crippen MR) is 93.9 cm³/mol. The second-order valence-electron chi connectivity index (χ2n) is 6.16. The molecule has 0 unspecified atom stereocenters. The summed E-state index contributed by atoms with van der Waals surface area (Å²) in [5.74, 6) is 0.777. The molecule has 0 saturated heterocycles. The van der Waals surface area contributed by atoms with E-state index in [0.717, 1.165) is 49.8 Å². The quantitative estimate of drug-likeness (QED) is 0.766. The van der Waals surface area contributed by atoms with E-state index in [4.69, 9.17) is 0 Å². The number of benzene rings is 1. The van der Waals surface area contributed by atoms with E-state index in [1.54, 1.807) is 6.20 Å². The molecule has 1 aromatic carbocycles. The van der Waals surface area contributed by atoms with Gasteiger partial charge in [-0.05, 0) is 24.6 Å². The third kappa shape index (κ3) is 3.61. The minimum absolute atomic E-state index is 0.177. The number of carbonyl (C=O) groups is 1. The average Bonchev–Trinajstić information content (AvgIpc) is 3.22. The molecule has 0 saturated carbocycles. The molecule has 2 aromatic heterocycles. The Morgan fingerprint density at radius 3 is 2.92 bits per heavy atom. The van der Waals surface area contributed by atoms with Crippen molar-refractivity contribution in [3.05, 3.63) is 66.0 Å². The molecule has 128 valence electrons. The molecule has 1 amide bonds. The van der Waals surface area contributed by atoms with Crippen molar-refractivity contribution in [1.29, 1.82) is 0 Å². The number of aryl methyl sites for hydroxylation is 1. The van der Waals surface area contributed by atoms with Crippen LogP contribution in [-0.4, -0.2) is 37.1 Å². The second kappa shape index (κ2) is 6.90. The van der Waals surface area contributed by atoms with Crippen LogP contribution in [0, 0.1) is 0 Å². The Morgan fingerprint density at radius 2 is 2.12 bits per heavy atom. The van der Waals surface area contributed by atoms with Crippen molar-refractivity contribution in [2.75, 3.05) is 11.9 Å². The van der Waals surface area contributed by atoms with Crippen LogP contribution in [0.1, 0.15) is 28.4 Å². The Morgan fingerprint density at radius 1 is 1.24 bits per heavy atom. The minimum Gasteiger partial charge on any atom is -0.348 e. The molecule has 25 heavy (non-hydrogen) atoms. The zero-order valence-electron chi connectivity index (χ0n) is 13.9. The van der Waals surface area contributed by atoms with Crippen LogP contribution in [0.25, 0.3) is 0 Å². The van der Waals surface area contributed by atoms with Crippen molar-refractivity contribution in [1.82, 2.24) is 24.6 Å². The number of H-pyrrole nitrogens is 1. The zero-order chi connectivity index (χ0) is 17.1. The summed E-state index contributed by atoms with van der Waals surface area (Å²) in [6, 6.07) is 11.3. The molecule has 0 radical (unpaired) electrons. The van der Waals surface area contributed by atoms with Gasteiger partial charge in [0.25, 0.3) is 5.91 Å². The first-order chi connectivity index (χ1) is 12.3. The summed E-state index contributed by atoms with van der Waals surface area (Å²) >= 11 is 0. The van der Waals surface area contributed by atoms with E-state index in [1.165, 1.54) is 0 Å². The van der Waals surface area contributed by atoms with E-state index in [-0.39, 0.29) is 5.91 Å². The van der Waals surface area contributed by atoms with Crippen LogP contribution >= 0.6 is 0 Å². The topological polar surface area (TPSA) is 78.8 Å². The molecule has 0 fully saturated rings. The van der Waals surface area contributed by atoms with Gasteiger partial charge in [-0.15, -0.1) is 0 Å². The van der Waals surface area contributed by atoms with Gasteiger partial charge < -0.3 is 10.3 Å². The summed E-state index contributed by atoms with van der Waals surface area (Å²) in [4.78, 5) is 22.2. The number of hydrogen-bond donors (Lipinski definition) is 2. The SMILES string of the molecule is O=C(Nc1ccccc1)c1cc2n(n1)CCCN(Cc1ncc[nH]1)C2. The number of anilines is 1. The molecule has 0 bridgehead atoms. The molecule has 2 N–H and O–H groups in total. The van der Waals surface area contributed by atoms with Gasteiger partial charge in [0.05, 0.1) is 12.2 Å². The maximum Gasteiger partial charge on any atom is 0.276 e. The van der Waals surface area contributed by atoms with Crippen molar-refractivity contribution in [2.45, 2.75) is 26.1 Å². The van der Waals surface area contributed by atoms with Crippen LogP contribution in [0.2, 0.25) is 0 Å². The first-order valence-electron chi connectivity index (χ1n) is 8.42. The number of aromatic nitrogens is 4. The molecule has 0 aliphatic carbocycles. The van der Waals surface area contributed by atoms with Gasteiger partial charge in [-0.3, -0.25) is 14.4 Å². The number of nitrogens with one attached hydrogen (secondary N) is 2. The Bertz CT molecular complexity index is 840. The van der Waals surface area contributed by atoms with E-state index in [2.05, 4.69) is 25.3 Å². The van der Waals surface area contributed by atoms with Crippen molar-refractivity contribution in [3.63, 3.8) is 0 Å². The van der Waals surface area contributed by atoms with Crippen LogP contribution in [0.15, 0.2) is 48.8 Å². The number of nitrogens with zero attached hydrogens (tertiary/aromatic N) is 4. The normalized spacial score (nSPS) is 14.7. The molecule has 7 heteroatoms. The summed E-state index contributed by atoms with van der Waals surface area (Å²) in [5, 5.41) is 7.38. The zero-order valence-corrected chi connectivity index (χ0v) is 13.9. The second-order valence-corrected chi connectivity index (χ2v) is 6.16. The van der Waals surface area contributed by atoms with E-state index >= 15 is 0 Å². The van der Waals surface area contributed by atoms with Crippen molar-refractivity contribution in [2.24, 2.45) is 0 Å². The molecule has 3 aromatic rings. The van der Waals surface area contributed by atoms with Gasteiger partial charge in [0, 0.05) is 37.7 Å². The number of rotatable bonds is 4. The van der Waals surface area contributed by atoms with Crippen molar-refractivity contribution < 1.29 is 4.79 Å². The van der Waals surface area contributed by atoms with E-state index in [1.807, 2.05) is 47.3 Å². The molecule has 7 nitrogen and oxygen atoms in total. The lowest BCUT2D eigenvalue weighted by Gasteiger charge is -2.17. The Labute approximate surface area is 145 Å². The third-order valence-corrected chi connectivity index (χ3v) is 4.29. The summed E-state index contributed by atoms with van der Waals surface area (Å²) < 4.78 is 1.95. The van der Waals surface area contributed by atoms with Crippen LogP contribution in [0.5, 0.6) is 0 Å². The fourth-order valence-corrected chi connectivity index (χ4v) is 3.09. The summed E-state index contributed by atoms with van der Waals surface area (Å²) in [5.41, 5.74) is 2.29. The lowest BCUT2D eigenvalue weighted by molar-refractivity contribution is 0.102. The number of carbonyl (C=O) groups excluding carboxylic acids is 1. The number of hydrogen-bond acceptors (Lipinski definition) is 4. The number of fused-ring (bicyclic) bond motifs is 1. The van der Waals surface area contributed by atoms with Gasteiger partial charge in [-0.25, -0.2) is 4.98 Å². The number of amides is 1. The average molecular weight is 336 g/mol. The molecule has 4 rings (SSSR count). The molecule has 1 aliphatic rings. The first kappa shape index (κ1) is 15.6. The van der Waals surface area contributed by atoms with Crippen LogP contribution in [0.4, 0.5) is 5.69 Å². The van der Waals surface area contributed by atoms with Gasteiger partial charge in [-0.2, -0.15) is 5.10 Å². The fraction of sp³-hybridized carbons (Fsp3) is 0.278. The molecule has 3 heterocycles. The Kier molecular flexibility index (Phi) is 4.30. The lowest BCUT2D eigenvalue weighted by atomic mass is 10.3. The van der Waals surface area contributed by atoms with Crippen LogP contribution in [0.3, 0.4) is 0 Å². The van der Waals surface area contributed by atoms with Gasteiger partial charge in [0.1, 0.15) is 5.82 Å². The Balaban J connectivity index is 1.48. The summed E-state index contributed by atoms with van der Waals surface area (Å²) in [6.45, 7) is 3.33. The van der Waals surface area contributed by atoms with E-state index in [9.17, 15) is 4.79 Å². The number of para-hydroxylation sites is 1. The maximum atomic E-state index is 12.4. The number of imidazole rings is 1. The first-order valence-corrected chi connectivity index (χ1v) is 8.42. The monoisotopic (exact) mass is 336 g/mol. The minimum atomic E-state index is -0.177. The summed E-state index contributed by atoms with van der Waals surface area (Å²) in [6.07, 6.45) is 4.60. The van der Waals surface area contributed by atoms with Gasteiger partial charge in [-0.1, -0.05) is 18.2 Å². The third-order valence-electron chi connectivity index (χ3n) is 4.29. The highest BCUT2D eigenvalue weighted by Crippen LogP contribution is 2.16. The summed E-state index contributed by atoms with van der Waals surface area (Å²) in [7, 11) is 0. The predicted octanol–water partition coefficient (Wildman–Crippen LogP) is 2.26. The smallest absolute Gasteiger partial charge is 0.276 e. The Hall–Kier alpha value is -2.93. The maximum absolute atomic E-state index is 12.4. The van der Waals surface area contributed by atoms with Crippen LogP contribution < -0.4 is 5.32 Å². The van der Waals surface area contributed by atoms with Gasteiger partial charge in [0.15, 0.2) is 5.69 Å². The fourth-order valence-electron chi connectivity index (χ4n) is 3.09.